The Labute approximate surface area is 185 Å². The standard InChI is InChI=1S/C21H19F3N2O7/c1-20(18(27)28)10-14(13-3-2-4-17(9-13)33-21(22,23)24)11-26(12-20,19(29)30)16-7-5-15(6-8-16)25(31)32/h2-9,14H,10-12H2,1H3,(H-,27,28,29,30)/p+1. The number of rotatable bonds is 5. The number of quaternary nitrogens is 1. The van der Waals surface area contributed by atoms with Crippen LogP contribution in [0.2, 0.25) is 0 Å². The van der Waals surface area contributed by atoms with Crippen LogP contribution in [0.5, 0.6) is 5.75 Å². The number of aliphatic carboxylic acids is 1. The first-order valence-electron chi connectivity index (χ1n) is 9.70. The van der Waals surface area contributed by atoms with E-state index in [4.69, 9.17) is 0 Å². The molecule has 176 valence electrons. The van der Waals surface area contributed by atoms with Gasteiger partial charge in [0.05, 0.1) is 4.92 Å². The molecule has 0 radical (unpaired) electrons. The molecule has 0 aliphatic carbocycles. The summed E-state index contributed by atoms with van der Waals surface area (Å²) >= 11 is 0. The summed E-state index contributed by atoms with van der Waals surface area (Å²) in [5.74, 6) is -2.53. The van der Waals surface area contributed by atoms with Gasteiger partial charge in [0.25, 0.3) is 5.69 Å². The van der Waals surface area contributed by atoms with E-state index in [2.05, 4.69) is 4.74 Å². The first-order chi connectivity index (χ1) is 15.3. The molecule has 2 N–H and O–H groups in total. The second kappa shape index (κ2) is 8.35. The Morgan fingerprint density at radius 2 is 1.82 bits per heavy atom. The number of carboxylic acid groups (broad SMARTS) is 2. The molecule has 1 aliphatic rings. The number of ether oxygens (including phenoxy) is 1. The van der Waals surface area contributed by atoms with Crippen molar-refractivity contribution in [1.29, 1.82) is 0 Å². The second-order valence-corrected chi connectivity index (χ2v) is 8.25. The van der Waals surface area contributed by atoms with Crippen LogP contribution in [0.1, 0.15) is 24.8 Å². The van der Waals surface area contributed by atoms with Crippen molar-refractivity contribution >= 4 is 23.4 Å². The first kappa shape index (κ1) is 24.0. The van der Waals surface area contributed by atoms with Gasteiger partial charge in [0.2, 0.25) is 0 Å². The summed E-state index contributed by atoms with van der Waals surface area (Å²) < 4.78 is 41.1. The summed E-state index contributed by atoms with van der Waals surface area (Å²) in [5, 5.41) is 31.0. The van der Waals surface area contributed by atoms with Crippen LogP contribution in [-0.4, -0.2) is 46.7 Å². The van der Waals surface area contributed by atoms with Gasteiger partial charge in [-0.2, -0.15) is 9.28 Å². The van der Waals surface area contributed by atoms with E-state index in [0.717, 1.165) is 24.3 Å². The fourth-order valence-electron chi connectivity index (χ4n) is 4.37. The molecule has 3 atom stereocenters. The Morgan fingerprint density at radius 3 is 2.33 bits per heavy atom. The third-order valence-corrected chi connectivity index (χ3v) is 5.85. The van der Waals surface area contributed by atoms with Gasteiger partial charge in [-0.25, -0.2) is 0 Å². The average Bonchev–Trinajstić information content (AvgIpc) is 2.72. The number of nitro groups is 1. The van der Waals surface area contributed by atoms with Gasteiger partial charge in [0.15, 0.2) is 0 Å². The molecule has 0 aromatic heterocycles. The smallest absolute Gasteiger partial charge is 0.481 e. The van der Waals surface area contributed by atoms with Crippen molar-refractivity contribution < 1.29 is 42.6 Å². The lowest BCUT2D eigenvalue weighted by Gasteiger charge is -2.45. The van der Waals surface area contributed by atoms with Crippen LogP contribution in [0.15, 0.2) is 48.5 Å². The van der Waals surface area contributed by atoms with Gasteiger partial charge in [0, 0.05) is 30.2 Å². The normalized spacial score (nSPS) is 25.3. The molecular weight excluding hydrogens is 449 g/mol. The molecule has 3 rings (SSSR count). The number of non-ortho nitro benzene ring substituents is 1. The number of hydrogen-bond donors (Lipinski definition) is 2. The minimum absolute atomic E-state index is 0.0297. The number of carboxylic acids is 1. The third kappa shape index (κ3) is 4.90. The Hall–Kier alpha value is -3.67. The van der Waals surface area contributed by atoms with Crippen LogP contribution in [0.3, 0.4) is 0 Å². The lowest BCUT2D eigenvalue weighted by atomic mass is 9.73. The predicted octanol–water partition coefficient (Wildman–Crippen LogP) is 4.76. The van der Waals surface area contributed by atoms with Crippen LogP contribution >= 0.6 is 0 Å². The minimum atomic E-state index is -4.93. The van der Waals surface area contributed by atoms with E-state index in [9.17, 15) is 43.1 Å². The predicted molar refractivity (Wildman–Crippen MR) is 109 cm³/mol. The van der Waals surface area contributed by atoms with Crippen molar-refractivity contribution in [3.63, 3.8) is 0 Å². The fourth-order valence-corrected chi connectivity index (χ4v) is 4.37. The zero-order valence-electron chi connectivity index (χ0n) is 17.3. The number of halogens is 3. The van der Waals surface area contributed by atoms with Crippen molar-refractivity contribution in [3.8, 4) is 5.75 Å². The zero-order chi connectivity index (χ0) is 24.6. The van der Waals surface area contributed by atoms with Gasteiger partial charge in [0.1, 0.15) is 29.9 Å². The van der Waals surface area contributed by atoms with E-state index >= 15 is 0 Å². The van der Waals surface area contributed by atoms with Crippen LogP contribution in [0.25, 0.3) is 0 Å². The number of hydrogen-bond acceptors (Lipinski definition) is 5. The number of nitrogens with zero attached hydrogens (tertiary/aromatic N) is 2. The highest BCUT2D eigenvalue weighted by atomic mass is 19.4. The molecule has 33 heavy (non-hydrogen) atoms. The Morgan fingerprint density at radius 1 is 1.18 bits per heavy atom. The summed E-state index contributed by atoms with van der Waals surface area (Å²) in [5.41, 5.74) is -1.42. The molecule has 3 unspecified atom stereocenters. The van der Waals surface area contributed by atoms with E-state index in [1.165, 1.54) is 31.2 Å². The van der Waals surface area contributed by atoms with E-state index in [1.54, 1.807) is 0 Å². The molecular formula is C21H20F3N2O7+. The highest BCUT2D eigenvalue weighted by molar-refractivity contribution is 5.84. The molecule has 0 bridgehead atoms. The number of benzene rings is 2. The van der Waals surface area contributed by atoms with Crippen molar-refractivity contribution in [2.75, 3.05) is 13.1 Å². The molecule has 1 amide bonds. The van der Waals surface area contributed by atoms with E-state index < -0.39 is 44.9 Å². The van der Waals surface area contributed by atoms with Crippen molar-refractivity contribution in [3.05, 3.63) is 64.2 Å². The van der Waals surface area contributed by atoms with Crippen molar-refractivity contribution in [1.82, 2.24) is 4.48 Å². The van der Waals surface area contributed by atoms with E-state index in [-0.39, 0.29) is 36.4 Å². The van der Waals surface area contributed by atoms with Crippen LogP contribution < -0.4 is 9.22 Å². The summed E-state index contributed by atoms with van der Waals surface area (Å²) in [4.78, 5) is 35.0. The summed E-state index contributed by atoms with van der Waals surface area (Å²) in [6, 6.07) is 9.73. The zero-order valence-corrected chi connectivity index (χ0v) is 17.3. The maximum atomic E-state index is 12.7. The van der Waals surface area contributed by atoms with Gasteiger partial charge >= 0.3 is 18.4 Å². The molecule has 1 heterocycles. The van der Waals surface area contributed by atoms with Gasteiger partial charge in [-0.15, -0.1) is 13.2 Å². The highest BCUT2D eigenvalue weighted by Gasteiger charge is 2.56. The molecule has 12 heteroatoms. The average molecular weight is 469 g/mol. The fraction of sp³-hybridized carbons (Fsp3) is 0.333. The molecule has 9 nitrogen and oxygen atoms in total. The van der Waals surface area contributed by atoms with Gasteiger partial charge in [-0.05, 0) is 31.0 Å². The largest absolute Gasteiger partial charge is 0.573 e. The van der Waals surface area contributed by atoms with Crippen molar-refractivity contribution in [2.45, 2.75) is 25.6 Å². The number of carbonyl (C=O) groups is 2. The minimum Gasteiger partial charge on any atom is -0.481 e. The monoisotopic (exact) mass is 469 g/mol. The summed E-state index contributed by atoms with van der Waals surface area (Å²) in [7, 11) is 0. The van der Waals surface area contributed by atoms with Gasteiger partial charge in [-0.1, -0.05) is 12.1 Å². The lowest BCUT2D eigenvalue weighted by molar-refractivity contribution is -0.384. The Kier molecular flexibility index (Phi) is 6.07. The number of piperidine rings is 1. The maximum absolute atomic E-state index is 12.7. The van der Waals surface area contributed by atoms with Crippen molar-refractivity contribution in [2.24, 2.45) is 5.41 Å². The second-order valence-electron chi connectivity index (χ2n) is 8.25. The first-order valence-corrected chi connectivity index (χ1v) is 9.70. The van der Waals surface area contributed by atoms with E-state index in [0.29, 0.717) is 0 Å². The van der Waals surface area contributed by atoms with Crippen LogP contribution in [-0.2, 0) is 4.79 Å². The van der Waals surface area contributed by atoms with Gasteiger partial charge in [-0.3, -0.25) is 14.9 Å². The molecule has 1 aliphatic heterocycles. The Balaban J connectivity index is 2.10. The topological polar surface area (TPSA) is 127 Å². The lowest BCUT2D eigenvalue weighted by Crippen LogP contribution is -2.65. The highest BCUT2D eigenvalue weighted by Crippen LogP contribution is 2.45. The molecule has 0 saturated carbocycles. The summed E-state index contributed by atoms with van der Waals surface area (Å²) in [6.45, 7) is 0.842. The number of amides is 1. The van der Waals surface area contributed by atoms with Gasteiger partial charge < -0.3 is 14.9 Å². The Bertz CT molecular complexity index is 1090. The number of alkyl halides is 3. The number of likely N-dealkylation sites (tertiary alicyclic amines) is 1. The number of nitro benzene ring substituents is 1. The summed E-state index contributed by atoms with van der Waals surface area (Å²) in [6.07, 6.45) is -6.35. The van der Waals surface area contributed by atoms with Crippen LogP contribution in [0.4, 0.5) is 29.3 Å². The molecule has 0 spiro atoms. The van der Waals surface area contributed by atoms with E-state index in [1.807, 2.05) is 0 Å². The van der Waals surface area contributed by atoms with Crippen LogP contribution in [0, 0.1) is 15.5 Å². The third-order valence-electron chi connectivity index (χ3n) is 5.85. The molecule has 1 fully saturated rings. The molecule has 2 aromatic carbocycles. The maximum Gasteiger partial charge on any atom is 0.573 e. The quantitative estimate of drug-likeness (QED) is 0.367. The SMILES string of the molecule is CC1(C(=O)O)CC(c2cccc(OC(F)(F)F)c2)C[N+](C(=O)O)(c2ccc([N+](=O)[O-])cc2)C1. The molecule has 2 aromatic rings. The molecule has 1 saturated heterocycles.